The number of rotatable bonds is 4. The van der Waals surface area contributed by atoms with Crippen LogP contribution in [0, 0.1) is 13.8 Å². The highest BCUT2D eigenvalue weighted by atomic mass is 32.1. The molecule has 1 aromatic heterocycles. The number of amides is 2. The first kappa shape index (κ1) is 19.9. The second-order valence-corrected chi connectivity index (χ2v) is 8.35. The number of esters is 1. The number of anilines is 3. The van der Waals surface area contributed by atoms with Crippen LogP contribution in [0.2, 0.25) is 0 Å². The first-order valence-electron chi connectivity index (χ1n) is 9.46. The maximum atomic E-state index is 12.8. The summed E-state index contributed by atoms with van der Waals surface area (Å²) in [6.45, 7) is 3.69. The monoisotopic (exact) mass is 423 g/mol. The van der Waals surface area contributed by atoms with Gasteiger partial charge in [-0.1, -0.05) is 24.3 Å². The lowest BCUT2D eigenvalue weighted by atomic mass is 10.1. The molecule has 4 rings (SSSR count). The average molecular weight is 423 g/mol. The van der Waals surface area contributed by atoms with E-state index in [9.17, 15) is 14.4 Å². The summed E-state index contributed by atoms with van der Waals surface area (Å²) in [5, 5.41) is 11.2. The lowest BCUT2D eigenvalue weighted by Gasteiger charge is -2.16. The minimum Gasteiger partial charge on any atom is -0.465 e. The van der Waals surface area contributed by atoms with Crippen molar-refractivity contribution in [1.29, 1.82) is 0 Å². The van der Waals surface area contributed by atoms with Gasteiger partial charge in [0.2, 0.25) is 11.8 Å². The van der Waals surface area contributed by atoms with Crippen molar-refractivity contribution in [2.45, 2.75) is 26.3 Å². The van der Waals surface area contributed by atoms with Gasteiger partial charge >= 0.3 is 5.97 Å². The van der Waals surface area contributed by atoms with Gasteiger partial charge in [0.25, 0.3) is 0 Å². The maximum Gasteiger partial charge on any atom is 0.341 e. The molecule has 2 heterocycles. The van der Waals surface area contributed by atoms with E-state index >= 15 is 0 Å². The molecule has 0 fully saturated rings. The largest absolute Gasteiger partial charge is 0.465 e. The third-order valence-corrected chi connectivity index (χ3v) is 6.35. The standard InChI is InChI=1S/C22H21N3O4S/c1-11-12(2)30-21(18(11)22(28)29-3)25-17(26)10-16-20(27)24-15-9-5-7-13-6-4-8-14(23-16)19(13)15/h4-9,16,23H,10H2,1-3H3,(H,24,27)(H,25,26)/t16-/m0/s1. The summed E-state index contributed by atoms with van der Waals surface area (Å²) < 4.78 is 4.84. The lowest BCUT2D eigenvalue weighted by Crippen LogP contribution is -2.36. The third-order valence-electron chi connectivity index (χ3n) is 5.23. The first-order chi connectivity index (χ1) is 14.4. The molecule has 1 aliphatic heterocycles. The van der Waals surface area contributed by atoms with E-state index in [4.69, 9.17) is 4.74 Å². The molecule has 30 heavy (non-hydrogen) atoms. The van der Waals surface area contributed by atoms with E-state index in [1.165, 1.54) is 18.4 Å². The van der Waals surface area contributed by atoms with Gasteiger partial charge in [-0.25, -0.2) is 4.79 Å². The summed E-state index contributed by atoms with van der Waals surface area (Å²) in [6.07, 6.45) is -0.0905. The van der Waals surface area contributed by atoms with Crippen molar-refractivity contribution in [3.63, 3.8) is 0 Å². The van der Waals surface area contributed by atoms with Crippen LogP contribution in [0.4, 0.5) is 16.4 Å². The van der Waals surface area contributed by atoms with E-state index in [2.05, 4.69) is 16.0 Å². The van der Waals surface area contributed by atoms with Crippen molar-refractivity contribution in [3.05, 3.63) is 52.4 Å². The Labute approximate surface area is 177 Å². The zero-order valence-electron chi connectivity index (χ0n) is 16.8. The summed E-state index contributed by atoms with van der Waals surface area (Å²) in [5.41, 5.74) is 2.62. The van der Waals surface area contributed by atoms with E-state index < -0.39 is 12.0 Å². The van der Waals surface area contributed by atoms with E-state index in [1.807, 2.05) is 50.2 Å². The number of hydrogen-bond donors (Lipinski definition) is 3. The topological polar surface area (TPSA) is 96.5 Å². The normalized spacial score (nSPS) is 15.2. The van der Waals surface area contributed by atoms with Crippen LogP contribution in [0.1, 0.15) is 27.2 Å². The lowest BCUT2D eigenvalue weighted by molar-refractivity contribution is -0.121. The number of ether oxygens (including phenoxy) is 1. The molecule has 0 spiro atoms. The molecule has 1 aliphatic rings. The average Bonchev–Trinajstić information content (AvgIpc) is 2.91. The SMILES string of the molecule is COC(=O)c1c(NC(=O)C[C@@H]2Nc3cccc4cccc(c34)NC2=O)sc(C)c1C. The van der Waals surface area contributed by atoms with Crippen LogP contribution in [0.5, 0.6) is 0 Å². The molecule has 0 saturated carbocycles. The van der Waals surface area contributed by atoms with E-state index in [0.29, 0.717) is 16.3 Å². The van der Waals surface area contributed by atoms with Gasteiger partial charge in [-0.2, -0.15) is 0 Å². The van der Waals surface area contributed by atoms with Crippen molar-refractivity contribution < 1.29 is 19.1 Å². The van der Waals surface area contributed by atoms with Crippen molar-refractivity contribution in [2.75, 3.05) is 23.1 Å². The summed E-state index contributed by atoms with van der Waals surface area (Å²) in [7, 11) is 1.30. The van der Waals surface area contributed by atoms with Gasteiger partial charge in [-0.15, -0.1) is 11.3 Å². The number of carbonyl (C=O) groups is 3. The van der Waals surface area contributed by atoms with Crippen LogP contribution in [-0.4, -0.2) is 30.9 Å². The third kappa shape index (κ3) is 3.50. The molecule has 0 saturated heterocycles. The second kappa shape index (κ2) is 7.79. The second-order valence-electron chi connectivity index (χ2n) is 7.13. The van der Waals surface area contributed by atoms with Crippen LogP contribution in [0.25, 0.3) is 10.8 Å². The zero-order valence-corrected chi connectivity index (χ0v) is 17.6. The summed E-state index contributed by atoms with van der Waals surface area (Å²) >= 11 is 1.31. The molecule has 8 heteroatoms. The zero-order chi connectivity index (χ0) is 21.4. The van der Waals surface area contributed by atoms with Gasteiger partial charge in [0.15, 0.2) is 0 Å². The van der Waals surface area contributed by atoms with E-state index in [1.54, 1.807) is 0 Å². The quantitative estimate of drug-likeness (QED) is 0.550. The smallest absolute Gasteiger partial charge is 0.341 e. The summed E-state index contributed by atoms with van der Waals surface area (Å²) in [6, 6.07) is 10.7. The Hall–Kier alpha value is -3.39. The first-order valence-corrected chi connectivity index (χ1v) is 10.3. The van der Waals surface area contributed by atoms with Crippen LogP contribution < -0.4 is 16.0 Å². The minimum absolute atomic E-state index is 0.0905. The fourth-order valence-electron chi connectivity index (χ4n) is 3.61. The van der Waals surface area contributed by atoms with Crippen molar-refractivity contribution >= 4 is 56.3 Å². The minimum atomic E-state index is -0.758. The molecule has 2 amide bonds. The molecule has 7 nitrogen and oxygen atoms in total. The molecule has 2 aromatic carbocycles. The van der Waals surface area contributed by atoms with Crippen LogP contribution in [-0.2, 0) is 14.3 Å². The van der Waals surface area contributed by atoms with Gasteiger partial charge < -0.3 is 20.7 Å². The van der Waals surface area contributed by atoms with Gasteiger partial charge in [0.1, 0.15) is 11.0 Å². The highest BCUT2D eigenvalue weighted by Crippen LogP contribution is 2.35. The van der Waals surface area contributed by atoms with E-state index in [-0.39, 0.29) is 18.2 Å². The molecule has 3 N–H and O–H groups in total. The summed E-state index contributed by atoms with van der Waals surface area (Å²) in [4.78, 5) is 38.6. The molecule has 0 aliphatic carbocycles. The van der Waals surface area contributed by atoms with Crippen LogP contribution in [0.3, 0.4) is 0 Å². The molecule has 1 atom stereocenters. The Morgan fingerprint density at radius 2 is 1.83 bits per heavy atom. The predicted octanol–water partition coefficient (Wildman–Crippen LogP) is 4.07. The number of aryl methyl sites for hydroxylation is 1. The fraction of sp³-hybridized carbons (Fsp3) is 0.227. The molecule has 0 unspecified atom stereocenters. The molecular weight excluding hydrogens is 402 g/mol. The highest BCUT2D eigenvalue weighted by Gasteiger charge is 2.28. The number of methoxy groups -OCH3 is 1. The van der Waals surface area contributed by atoms with Gasteiger partial charge in [0, 0.05) is 16.0 Å². The number of benzene rings is 2. The number of thiophene rings is 1. The molecule has 0 bridgehead atoms. The Bertz CT molecular complexity index is 1180. The van der Waals surface area contributed by atoms with Crippen LogP contribution in [0.15, 0.2) is 36.4 Å². The van der Waals surface area contributed by atoms with Crippen molar-refractivity contribution in [1.82, 2.24) is 0 Å². The number of nitrogens with one attached hydrogen (secondary N) is 3. The number of hydrogen-bond acceptors (Lipinski definition) is 6. The fourth-order valence-corrected chi connectivity index (χ4v) is 4.67. The highest BCUT2D eigenvalue weighted by molar-refractivity contribution is 7.16. The maximum absolute atomic E-state index is 12.8. The van der Waals surface area contributed by atoms with Crippen LogP contribution >= 0.6 is 11.3 Å². The molecular formula is C22H21N3O4S. The molecule has 3 aromatic rings. The van der Waals surface area contributed by atoms with Crippen molar-refractivity contribution in [2.24, 2.45) is 0 Å². The Morgan fingerprint density at radius 3 is 2.53 bits per heavy atom. The van der Waals surface area contributed by atoms with Gasteiger partial charge in [-0.05, 0) is 36.9 Å². The number of carbonyl (C=O) groups excluding carboxylic acids is 3. The molecule has 154 valence electrons. The van der Waals surface area contributed by atoms with Crippen molar-refractivity contribution in [3.8, 4) is 0 Å². The Balaban J connectivity index is 1.57. The van der Waals surface area contributed by atoms with Gasteiger partial charge in [-0.3, -0.25) is 9.59 Å². The van der Waals surface area contributed by atoms with Gasteiger partial charge in [0.05, 0.1) is 24.8 Å². The Morgan fingerprint density at radius 1 is 1.13 bits per heavy atom. The summed E-state index contributed by atoms with van der Waals surface area (Å²) in [5.74, 6) is -1.16. The Kier molecular flexibility index (Phi) is 5.17. The van der Waals surface area contributed by atoms with E-state index in [0.717, 1.165) is 26.9 Å². The molecule has 0 radical (unpaired) electrons. The predicted molar refractivity (Wildman–Crippen MR) is 118 cm³/mol.